The molecule has 4 aliphatic rings. The average Bonchev–Trinajstić information content (AvgIpc) is 3.66. The summed E-state index contributed by atoms with van der Waals surface area (Å²) >= 11 is 0. The van der Waals surface area contributed by atoms with Crippen LogP contribution in [0.3, 0.4) is 0 Å². The zero-order valence-electron chi connectivity index (χ0n) is 25.0. The molecule has 0 radical (unpaired) electrons. The molecule has 1 N–H and O–H groups in total. The van der Waals surface area contributed by atoms with Crippen molar-refractivity contribution in [2.45, 2.75) is 82.8 Å². The van der Waals surface area contributed by atoms with E-state index in [1.807, 2.05) is 37.1 Å². The molecular weight excluding hydrogens is 528 g/mol. The highest BCUT2D eigenvalue weighted by Gasteiger charge is 2.38. The van der Waals surface area contributed by atoms with Crippen molar-refractivity contribution in [3.63, 3.8) is 0 Å². The molecule has 42 heavy (non-hydrogen) atoms. The van der Waals surface area contributed by atoms with E-state index >= 15 is 0 Å². The number of pyridine rings is 1. The number of rotatable bonds is 8. The lowest BCUT2D eigenvalue weighted by Gasteiger charge is -2.36. The van der Waals surface area contributed by atoms with Crippen molar-refractivity contribution < 1.29 is 19.0 Å². The van der Waals surface area contributed by atoms with Gasteiger partial charge in [-0.3, -0.25) is 14.7 Å². The summed E-state index contributed by atoms with van der Waals surface area (Å²) in [5.41, 5.74) is 1.42. The number of nitrogens with one attached hydrogen (secondary N) is 1. The summed E-state index contributed by atoms with van der Waals surface area (Å²) < 4.78 is 17.6. The highest BCUT2D eigenvalue weighted by Crippen LogP contribution is 2.47. The molecular formula is C34H42N4O4. The number of aromatic nitrogens is 1. The molecule has 0 unspecified atom stereocenters. The number of ether oxygens (including phenoxy) is 3. The molecule has 8 nitrogen and oxygen atoms in total. The van der Waals surface area contributed by atoms with Crippen LogP contribution in [0.25, 0.3) is 10.8 Å². The number of piperidine rings is 1. The zero-order valence-corrected chi connectivity index (χ0v) is 25.0. The summed E-state index contributed by atoms with van der Waals surface area (Å²) in [6.45, 7) is 7.04. The van der Waals surface area contributed by atoms with Gasteiger partial charge in [-0.1, -0.05) is 24.3 Å². The summed E-state index contributed by atoms with van der Waals surface area (Å²) in [4.78, 5) is 23.7. The number of hydrogen-bond donors (Lipinski definition) is 1. The topological polar surface area (TPSA) is 76.2 Å². The van der Waals surface area contributed by atoms with Gasteiger partial charge in [0.15, 0.2) is 11.5 Å². The Morgan fingerprint density at radius 3 is 2.67 bits per heavy atom. The number of nitrogens with zero attached hydrogens (tertiary/aromatic N) is 3. The van der Waals surface area contributed by atoms with E-state index in [0.29, 0.717) is 54.0 Å². The van der Waals surface area contributed by atoms with Gasteiger partial charge in [-0.05, 0) is 74.6 Å². The molecule has 0 spiro atoms. The van der Waals surface area contributed by atoms with Crippen LogP contribution in [-0.2, 0) is 6.54 Å². The monoisotopic (exact) mass is 570 g/mol. The van der Waals surface area contributed by atoms with Crippen LogP contribution in [-0.4, -0.2) is 71.3 Å². The summed E-state index contributed by atoms with van der Waals surface area (Å²) in [6.07, 6.45) is 9.38. The standard InChI is InChI=1S/C34H42N4O4/c1-34(2)41-31-17-25(16-30(40-3)32(31)42-34)33(39)38(20-28-15-23-7-4-5-8-24(23)18-35-28)21-29-9-6-12-37(29)19-22-13-26-10-11-27(14-22)36-26/h4-5,7-8,15-18,22,26-27,29,36H,6,9-14,19-21H2,1-3H3/t22-,26+,27-,29-/m0/s1. The highest BCUT2D eigenvalue weighted by atomic mass is 16.7. The van der Waals surface area contributed by atoms with Crippen LogP contribution in [0, 0.1) is 5.92 Å². The third-order valence-electron chi connectivity index (χ3n) is 9.51. The van der Waals surface area contributed by atoms with E-state index < -0.39 is 5.79 Å². The number of hydrogen-bond acceptors (Lipinski definition) is 7. The Kier molecular flexibility index (Phi) is 7.22. The van der Waals surface area contributed by atoms with Crippen LogP contribution in [0.4, 0.5) is 0 Å². The summed E-state index contributed by atoms with van der Waals surface area (Å²) in [6, 6.07) is 15.6. The minimum Gasteiger partial charge on any atom is -0.493 e. The van der Waals surface area contributed by atoms with Crippen LogP contribution in [0.5, 0.6) is 17.2 Å². The zero-order chi connectivity index (χ0) is 28.8. The number of methoxy groups -OCH3 is 1. The first kappa shape index (κ1) is 27.5. The molecule has 222 valence electrons. The second-order valence-corrected chi connectivity index (χ2v) is 13.1. The molecule has 3 saturated heterocycles. The maximum Gasteiger partial charge on any atom is 0.254 e. The van der Waals surface area contributed by atoms with Gasteiger partial charge in [0.2, 0.25) is 11.5 Å². The minimum absolute atomic E-state index is 0.0499. The van der Waals surface area contributed by atoms with Gasteiger partial charge < -0.3 is 24.4 Å². The smallest absolute Gasteiger partial charge is 0.254 e. The average molecular weight is 571 g/mol. The molecule has 7 rings (SSSR count). The lowest BCUT2D eigenvalue weighted by Crippen LogP contribution is -2.47. The van der Waals surface area contributed by atoms with Gasteiger partial charge in [0.25, 0.3) is 5.91 Å². The summed E-state index contributed by atoms with van der Waals surface area (Å²) in [5, 5.41) is 6.01. The molecule has 1 aromatic heterocycles. The van der Waals surface area contributed by atoms with Gasteiger partial charge in [0.1, 0.15) is 0 Å². The van der Waals surface area contributed by atoms with Crippen LogP contribution < -0.4 is 19.5 Å². The van der Waals surface area contributed by atoms with Crippen LogP contribution >= 0.6 is 0 Å². The fourth-order valence-electron chi connectivity index (χ4n) is 7.63. The Bertz CT molecular complexity index is 1460. The summed E-state index contributed by atoms with van der Waals surface area (Å²) in [7, 11) is 1.60. The van der Waals surface area contributed by atoms with Crippen molar-refractivity contribution in [2.24, 2.45) is 5.92 Å². The number of fused-ring (bicyclic) bond motifs is 4. The molecule has 0 saturated carbocycles. The maximum absolute atomic E-state index is 14.3. The van der Waals surface area contributed by atoms with Gasteiger partial charge in [0.05, 0.1) is 19.3 Å². The van der Waals surface area contributed by atoms with E-state index in [9.17, 15) is 4.79 Å². The van der Waals surface area contributed by atoms with E-state index in [0.717, 1.165) is 41.9 Å². The fourth-order valence-corrected chi connectivity index (χ4v) is 7.63. The van der Waals surface area contributed by atoms with Gasteiger partial charge >= 0.3 is 0 Å². The predicted molar refractivity (Wildman–Crippen MR) is 162 cm³/mol. The lowest BCUT2D eigenvalue weighted by molar-refractivity contribution is -0.0439. The van der Waals surface area contributed by atoms with E-state index in [2.05, 4.69) is 28.4 Å². The normalized spacial score (nSPS) is 26.1. The predicted octanol–water partition coefficient (Wildman–Crippen LogP) is 5.39. The Morgan fingerprint density at radius 1 is 1.10 bits per heavy atom. The number of likely N-dealkylation sites (tertiary alicyclic amines) is 1. The lowest BCUT2D eigenvalue weighted by atomic mass is 9.92. The molecule has 8 heteroatoms. The van der Waals surface area contributed by atoms with E-state index in [1.54, 1.807) is 19.2 Å². The van der Waals surface area contributed by atoms with Crippen LogP contribution in [0.15, 0.2) is 48.7 Å². The first-order valence-corrected chi connectivity index (χ1v) is 15.6. The van der Waals surface area contributed by atoms with E-state index in [1.165, 1.54) is 32.1 Å². The van der Waals surface area contributed by atoms with E-state index in [4.69, 9.17) is 19.2 Å². The van der Waals surface area contributed by atoms with Crippen molar-refractivity contribution >= 4 is 16.7 Å². The first-order valence-electron chi connectivity index (χ1n) is 15.6. The van der Waals surface area contributed by atoms with Gasteiger partial charge in [-0.15, -0.1) is 0 Å². The Labute approximate surface area is 248 Å². The molecule has 3 fully saturated rings. The van der Waals surface area contributed by atoms with Crippen molar-refractivity contribution in [2.75, 3.05) is 26.7 Å². The Balaban J connectivity index is 1.16. The maximum atomic E-state index is 14.3. The number of carbonyl (C=O) groups excluding carboxylic acids is 1. The van der Waals surface area contributed by atoms with Gasteiger partial charge in [-0.25, -0.2) is 0 Å². The van der Waals surface area contributed by atoms with Crippen molar-refractivity contribution in [1.82, 2.24) is 20.1 Å². The molecule has 2 aromatic carbocycles. The third-order valence-corrected chi connectivity index (χ3v) is 9.51. The van der Waals surface area contributed by atoms with Crippen molar-refractivity contribution in [3.8, 4) is 17.2 Å². The van der Waals surface area contributed by atoms with Crippen molar-refractivity contribution in [3.05, 3.63) is 59.9 Å². The van der Waals surface area contributed by atoms with Crippen molar-refractivity contribution in [1.29, 1.82) is 0 Å². The molecule has 4 aliphatic heterocycles. The van der Waals surface area contributed by atoms with E-state index in [-0.39, 0.29) is 5.91 Å². The molecule has 1 amide bonds. The third kappa shape index (κ3) is 5.54. The van der Waals surface area contributed by atoms with Crippen LogP contribution in [0.1, 0.15) is 68.4 Å². The molecule has 0 aliphatic carbocycles. The second-order valence-electron chi connectivity index (χ2n) is 13.1. The Morgan fingerprint density at radius 2 is 1.88 bits per heavy atom. The number of carbonyl (C=O) groups is 1. The molecule has 3 aromatic rings. The number of benzene rings is 2. The quantitative estimate of drug-likeness (QED) is 0.389. The molecule has 2 bridgehead atoms. The minimum atomic E-state index is -0.815. The van der Waals surface area contributed by atoms with Gasteiger partial charge in [0, 0.05) is 62.2 Å². The highest BCUT2D eigenvalue weighted by molar-refractivity contribution is 5.96. The second kappa shape index (κ2) is 11.0. The summed E-state index contributed by atoms with van der Waals surface area (Å²) in [5.74, 6) is 1.45. The first-order chi connectivity index (χ1) is 20.3. The fraction of sp³-hybridized carbons (Fsp3) is 0.529. The SMILES string of the molecule is COc1cc(C(=O)N(Cc2cc3ccccc3cn2)C[C@@H]2CCCN2C[C@H]2C[C@H]3CC[C@@H](C2)N3)cc2c1OC(C)(C)O2. The molecule has 4 atom stereocenters. The van der Waals surface area contributed by atoms with Crippen LogP contribution in [0.2, 0.25) is 0 Å². The number of amides is 1. The largest absolute Gasteiger partial charge is 0.493 e. The van der Waals surface area contributed by atoms with Gasteiger partial charge in [-0.2, -0.15) is 0 Å². The Hall–Kier alpha value is -3.36. The molecule has 5 heterocycles.